The summed E-state index contributed by atoms with van der Waals surface area (Å²) in [5.74, 6) is 2.25. The molecule has 0 aliphatic rings. The van der Waals surface area contributed by atoms with Crippen molar-refractivity contribution in [1.29, 1.82) is 0 Å². The number of amidine groups is 1. The van der Waals surface area contributed by atoms with Gasteiger partial charge in [0.15, 0.2) is 5.82 Å². The molecule has 0 aliphatic heterocycles. The van der Waals surface area contributed by atoms with Gasteiger partial charge in [-0.15, -0.1) is 0 Å². The fraction of sp³-hybridized carbons (Fsp3) is 0.625. The minimum absolute atomic E-state index is 0.0366. The Labute approximate surface area is 298 Å². The Kier molecular flexibility index (Phi) is 22.6. The number of ether oxygens (including phenoxy) is 2. The number of allylic oxidation sites excluding steroid dienone is 1. The van der Waals surface area contributed by atoms with Crippen LogP contribution in [-0.4, -0.2) is 61.6 Å². The van der Waals surface area contributed by atoms with Crippen LogP contribution in [0.4, 0.5) is 0 Å². The summed E-state index contributed by atoms with van der Waals surface area (Å²) >= 11 is 0. The van der Waals surface area contributed by atoms with Gasteiger partial charge in [0.25, 0.3) is 0 Å². The molecule has 1 unspecified atom stereocenters. The maximum absolute atomic E-state index is 8.93. The van der Waals surface area contributed by atoms with E-state index in [-0.39, 0.29) is 10.8 Å². The van der Waals surface area contributed by atoms with Gasteiger partial charge in [0.1, 0.15) is 11.6 Å². The Morgan fingerprint density at radius 1 is 1.08 bits per heavy atom. The van der Waals surface area contributed by atoms with Crippen molar-refractivity contribution in [1.82, 2.24) is 9.88 Å². The molecule has 8 N–H and O–H groups in total. The number of hydrogen-bond donors (Lipinski definition) is 5. The molecule has 0 radical (unpaired) electrons. The molecule has 9 heteroatoms. The Morgan fingerprint density at radius 3 is 2.29 bits per heavy atom. The molecule has 0 saturated heterocycles. The van der Waals surface area contributed by atoms with Crippen molar-refractivity contribution in [2.75, 3.05) is 40.0 Å². The number of nitrogens with one attached hydrogen (secondary N) is 1. The molecule has 1 atom stereocenters. The molecule has 1 aromatic carbocycles. The van der Waals surface area contributed by atoms with E-state index in [1.165, 1.54) is 18.4 Å². The van der Waals surface area contributed by atoms with Gasteiger partial charge < -0.3 is 41.7 Å². The zero-order valence-corrected chi connectivity index (χ0v) is 32.9. The molecule has 2 aromatic rings. The molecule has 0 aliphatic carbocycles. The number of aliphatic hydroxyl groups is 1. The maximum atomic E-state index is 8.93. The first kappa shape index (κ1) is 45.9. The minimum atomic E-state index is -0.444. The monoisotopic (exact) mass is 685 g/mol. The summed E-state index contributed by atoms with van der Waals surface area (Å²) in [4.78, 5) is 4.80. The van der Waals surface area contributed by atoms with Crippen molar-refractivity contribution in [3.63, 3.8) is 0 Å². The summed E-state index contributed by atoms with van der Waals surface area (Å²) in [5.41, 5.74) is 20.3. The van der Waals surface area contributed by atoms with E-state index in [2.05, 4.69) is 82.4 Å². The van der Waals surface area contributed by atoms with Crippen molar-refractivity contribution in [3.05, 3.63) is 63.8 Å². The van der Waals surface area contributed by atoms with Crippen molar-refractivity contribution < 1.29 is 14.6 Å². The Balaban J connectivity index is 0.00000201. The number of aromatic nitrogens is 1. The van der Waals surface area contributed by atoms with Crippen LogP contribution in [0, 0.1) is 5.41 Å². The first-order valence-electron chi connectivity index (χ1n) is 18.1. The van der Waals surface area contributed by atoms with Gasteiger partial charge in [-0.05, 0) is 61.7 Å². The molecule has 0 bridgehead atoms. The summed E-state index contributed by atoms with van der Waals surface area (Å²) < 4.78 is 14.1. The van der Waals surface area contributed by atoms with E-state index in [1.807, 2.05) is 39.8 Å². The number of unbranched alkanes of at least 4 members (excludes halogenated alkanes) is 2. The van der Waals surface area contributed by atoms with Crippen LogP contribution in [0.1, 0.15) is 112 Å². The van der Waals surface area contributed by atoms with Gasteiger partial charge in [0, 0.05) is 42.1 Å². The summed E-state index contributed by atoms with van der Waals surface area (Å²) in [6, 6.07) is 8.48. The molecule has 1 heterocycles. The van der Waals surface area contributed by atoms with Gasteiger partial charge in [-0.1, -0.05) is 93.0 Å². The van der Waals surface area contributed by atoms with Crippen LogP contribution in [0.25, 0.3) is 12.4 Å². The van der Waals surface area contributed by atoms with Crippen LogP contribution < -0.4 is 37.8 Å². The van der Waals surface area contributed by atoms with Crippen molar-refractivity contribution in [2.45, 2.75) is 119 Å². The number of hydrogen-bond acceptors (Lipinski definition) is 7. The van der Waals surface area contributed by atoms with Gasteiger partial charge in [-0.2, -0.15) is 0 Å². The summed E-state index contributed by atoms with van der Waals surface area (Å²) in [7, 11) is 1.72. The highest BCUT2D eigenvalue weighted by Gasteiger charge is 2.25. The zero-order valence-electron chi connectivity index (χ0n) is 32.9. The normalized spacial score (nSPS) is 13.5. The molecule has 0 amide bonds. The van der Waals surface area contributed by atoms with Crippen LogP contribution in [-0.2, 0) is 16.7 Å². The quantitative estimate of drug-likeness (QED) is 0.0566. The highest BCUT2D eigenvalue weighted by atomic mass is 16.5. The lowest BCUT2D eigenvalue weighted by atomic mass is 9.84. The second kappa shape index (κ2) is 24.1. The van der Waals surface area contributed by atoms with Gasteiger partial charge >= 0.3 is 0 Å². The van der Waals surface area contributed by atoms with Crippen LogP contribution in [0.2, 0.25) is 0 Å². The first-order valence-corrected chi connectivity index (χ1v) is 18.1. The largest absolute Gasteiger partial charge is 0.496 e. The predicted octanol–water partition coefficient (Wildman–Crippen LogP) is 5.54. The smallest absolute Gasteiger partial charge is 0.152 e. The van der Waals surface area contributed by atoms with Gasteiger partial charge in [-0.3, -0.25) is 0 Å². The average molecular weight is 685 g/mol. The number of aliphatic hydroxyl groups excluding tert-OH is 1. The van der Waals surface area contributed by atoms with Crippen LogP contribution in [0.15, 0.2) is 47.1 Å². The molecular weight excluding hydrogens is 612 g/mol. The lowest BCUT2D eigenvalue weighted by Crippen LogP contribution is -2.36. The number of rotatable bonds is 19. The van der Waals surface area contributed by atoms with Gasteiger partial charge in [0.2, 0.25) is 0 Å². The third-order valence-corrected chi connectivity index (χ3v) is 8.23. The SMILES string of the molecule is C=c1ccn(Cc2ccc(C(C)(C)COCC(C)(C)CN)cc2OC)/c1=C(/N=C(/N)CCC)NCCCCC.CC.CC=C(C)C(O)CN. The molecule has 0 spiro atoms. The summed E-state index contributed by atoms with van der Waals surface area (Å²) in [6.45, 7) is 28.6. The predicted molar refractivity (Wildman–Crippen MR) is 211 cm³/mol. The van der Waals surface area contributed by atoms with Crippen molar-refractivity contribution in [2.24, 2.45) is 27.6 Å². The molecule has 49 heavy (non-hydrogen) atoms. The Hall–Kier alpha value is -3.11. The van der Waals surface area contributed by atoms with E-state index in [0.717, 1.165) is 59.1 Å². The lowest BCUT2D eigenvalue weighted by molar-refractivity contribution is 0.0404. The number of nitrogens with zero attached hydrogens (tertiary/aromatic N) is 2. The highest BCUT2D eigenvalue weighted by molar-refractivity contribution is 5.83. The van der Waals surface area contributed by atoms with E-state index in [1.54, 1.807) is 7.11 Å². The fourth-order valence-electron chi connectivity index (χ4n) is 4.73. The van der Waals surface area contributed by atoms with Gasteiger partial charge in [-0.25, -0.2) is 4.99 Å². The molecule has 1 aromatic heterocycles. The van der Waals surface area contributed by atoms with E-state index in [9.17, 15) is 0 Å². The second-order valence-electron chi connectivity index (χ2n) is 13.7. The molecule has 280 valence electrons. The van der Waals surface area contributed by atoms with E-state index < -0.39 is 6.10 Å². The zero-order chi connectivity index (χ0) is 37.6. The molecule has 0 fully saturated rings. The molecular formula is C40H72N6O3. The standard InChI is InChI=1S/C32H53N5O2.C6H13NO.C2H6/c1-9-11-12-17-35-30(36-28(34)13-10-2)29-24(3)16-18-37(29)20-25-14-15-26(19-27(25)38-8)32(6,7)23-39-22-31(4,5)21-33;1-3-5(2)6(8)4-7;1-2/h14-16,18-19,35H,3,9-13,17,20-23,33H2,1-2,4-8H3,(H2,34,36);3,6,8H,4,7H2,1-2H3;1-2H3/b30-29+;;. The van der Waals surface area contributed by atoms with E-state index in [4.69, 9.17) is 36.8 Å². The van der Waals surface area contributed by atoms with Crippen molar-refractivity contribution >= 4 is 18.2 Å². The Morgan fingerprint density at radius 2 is 1.76 bits per heavy atom. The minimum Gasteiger partial charge on any atom is -0.496 e. The Bertz CT molecular complexity index is 1380. The molecule has 9 nitrogen and oxygen atoms in total. The topological polar surface area (TPSA) is 146 Å². The average Bonchev–Trinajstić information content (AvgIpc) is 3.45. The summed E-state index contributed by atoms with van der Waals surface area (Å²) in [6.07, 6.45) is 8.59. The number of methoxy groups -OCH3 is 1. The first-order chi connectivity index (χ1) is 23.2. The van der Waals surface area contributed by atoms with Crippen LogP contribution >= 0.6 is 0 Å². The fourth-order valence-corrected chi connectivity index (χ4v) is 4.73. The molecule has 0 saturated carbocycles. The third-order valence-electron chi connectivity index (χ3n) is 8.23. The number of nitrogens with two attached hydrogens (primary N) is 3. The van der Waals surface area contributed by atoms with Crippen LogP contribution in [0.3, 0.4) is 0 Å². The highest BCUT2D eigenvalue weighted by Crippen LogP contribution is 2.30. The van der Waals surface area contributed by atoms with Crippen molar-refractivity contribution in [3.8, 4) is 5.75 Å². The van der Waals surface area contributed by atoms with E-state index in [0.29, 0.717) is 38.7 Å². The summed E-state index contributed by atoms with van der Waals surface area (Å²) in [5, 5.41) is 14.3. The second-order valence-corrected chi connectivity index (χ2v) is 13.7. The van der Waals surface area contributed by atoms with Crippen LogP contribution in [0.5, 0.6) is 5.75 Å². The van der Waals surface area contributed by atoms with E-state index >= 15 is 0 Å². The number of aliphatic imine (C=N–C) groups is 1. The lowest BCUT2D eigenvalue weighted by Gasteiger charge is -2.29. The third kappa shape index (κ3) is 16.4. The maximum Gasteiger partial charge on any atom is 0.152 e. The molecule has 2 rings (SSSR count). The van der Waals surface area contributed by atoms with Gasteiger partial charge in [0.05, 0.1) is 38.3 Å². The number of benzene rings is 1.